The minimum atomic E-state index is -0.714. The number of ether oxygens (including phenoxy) is 2. The molecule has 0 saturated carbocycles. The van der Waals surface area contributed by atoms with Crippen LogP contribution in [0.3, 0.4) is 0 Å². The van der Waals surface area contributed by atoms with E-state index in [9.17, 15) is 4.79 Å². The lowest BCUT2D eigenvalue weighted by molar-refractivity contribution is -0.162. The van der Waals surface area contributed by atoms with Crippen molar-refractivity contribution in [1.29, 1.82) is 0 Å². The van der Waals surface area contributed by atoms with Gasteiger partial charge in [0.25, 0.3) is 0 Å². The second-order valence-electron chi connectivity index (χ2n) is 8.07. The van der Waals surface area contributed by atoms with Gasteiger partial charge in [-0.1, -0.05) is 18.2 Å². The lowest BCUT2D eigenvalue weighted by atomic mass is 9.74. The third-order valence-electron chi connectivity index (χ3n) is 6.11. The smallest absolute Gasteiger partial charge is 0.303 e. The van der Waals surface area contributed by atoms with Gasteiger partial charge in [0.05, 0.1) is 12.2 Å². The van der Waals surface area contributed by atoms with E-state index in [4.69, 9.17) is 14.6 Å². The molecule has 136 valence electrons. The molecule has 0 unspecified atom stereocenters. The zero-order valence-corrected chi connectivity index (χ0v) is 15.0. The van der Waals surface area contributed by atoms with Crippen LogP contribution in [0.1, 0.15) is 51.2 Å². The van der Waals surface area contributed by atoms with E-state index in [1.165, 1.54) is 5.56 Å². The molecule has 3 aliphatic heterocycles. The number of hydrogen-bond acceptors (Lipinski definition) is 4. The van der Waals surface area contributed by atoms with Gasteiger partial charge < -0.3 is 14.6 Å². The van der Waals surface area contributed by atoms with E-state index in [1.807, 2.05) is 12.1 Å². The van der Waals surface area contributed by atoms with Crippen LogP contribution in [-0.4, -0.2) is 46.8 Å². The molecule has 0 bridgehead atoms. The number of carboxylic acid groups (broad SMARTS) is 1. The molecule has 0 aromatic heterocycles. The van der Waals surface area contributed by atoms with Crippen molar-refractivity contribution in [2.75, 3.05) is 13.1 Å². The highest BCUT2D eigenvalue weighted by Crippen LogP contribution is 2.52. The van der Waals surface area contributed by atoms with Crippen LogP contribution in [0.4, 0.5) is 0 Å². The molecule has 0 amide bonds. The van der Waals surface area contributed by atoms with Crippen molar-refractivity contribution < 1.29 is 19.4 Å². The third kappa shape index (κ3) is 3.04. The first-order chi connectivity index (χ1) is 12.0. The van der Waals surface area contributed by atoms with Crippen molar-refractivity contribution in [2.45, 2.75) is 63.4 Å². The molecule has 3 heterocycles. The standard InChI is InChI=1S/C20H27NO4/c1-20(2)14-12-15-17(9-11-21(15)10-5-8-18(22)23)24-19(14)13-6-3-4-7-16(13)25-20/h3-4,6-7,14-15,17,19H,5,8-12H2,1-2H3,(H,22,23)/t14-,15+,17-,19+/m0/s1. The van der Waals surface area contributed by atoms with Gasteiger partial charge >= 0.3 is 5.97 Å². The monoisotopic (exact) mass is 345 g/mol. The van der Waals surface area contributed by atoms with Crippen LogP contribution in [0.15, 0.2) is 24.3 Å². The molecule has 5 nitrogen and oxygen atoms in total. The summed E-state index contributed by atoms with van der Waals surface area (Å²) in [6.07, 6.45) is 3.36. The van der Waals surface area contributed by atoms with E-state index in [2.05, 4.69) is 30.9 Å². The Kier molecular flexibility index (Phi) is 4.24. The molecular weight excluding hydrogens is 318 g/mol. The highest BCUT2D eigenvalue weighted by molar-refractivity contribution is 5.66. The summed E-state index contributed by atoms with van der Waals surface area (Å²) < 4.78 is 12.9. The Morgan fingerprint density at radius 2 is 2.16 bits per heavy atom. The van der Waals surface area contributed by atoms with Gasteiger partial charge in [-0.25, -0.2) is 0 Å². The van der Waals surface area contributed by atoms with Crippen LogP contribution >= 0.6 is 0 Å². The molecule has 25 heavy (non-hydrogen) atoms. The van der Waals surface area contributed by atoms with E-state index in [0.29, 0.717) is 18.4 Å². The van der Waals surface area contributed by atoms with E-state index in [0.717, 1.165) is 31.7 Å². The Morgan fingerprint density at radius 3 is 2.96 bits per heavy atom. The maximum absolute atomic E-state index is 10.8. The minimum absolute atomic E-state index is 0.0974. The van der Waals surface area contributed by atoms with Crippen molar-refractivity contribution in [3.63, 3.8) is 0 Å². The molecule has 1 N–H and O–H groups in total. The molecule has 3 aliphatic rings. The Morgan fingerprint density at radius 1 is 1.36 bits per heavy atom. The predicted octanol–water partition coefficient (Wildman–Crippen LogP) is 3.24. The number of para-hydroxylation sites is 1. The second-order valence-corrected chi connectivity index (χ2v) is 8.07. The Labute approximate surface area is 148 Å². The summed E-state index contributed by atoms with van der Waals surface area (Å²) in [4.78, 5) is 13.2. The average Bonchev–Trinajstić information content (AvgIpc) is 2.95. The number of aliphatic carboxylic acids is 1. The van der Waals surface area contributed by atoms with Gasteiger partial charge in [0.15, 0.2) is 0 Å². The molecule has 0 aliphatic carbocycles. The van der Waals surface area contributed by atoms with Gasteiger partial charge in [0.1, 0.15) is 11.4 Å². The molecular formula is C20H27NO4. The summed E-state index contributed by atoms with van der Waals surface area (Å²) in [5, 5.41) is 8.88. The average molecular weight is 345 g/mol. The van der Waals surface area contributed by atoms with Gasteiger partial charge in [-0.2, -0.15) is 0 Å². The fourth-order valence-corrected chi connectivity index (χ4v) is 4.83. The van der Waals surface area contributed by atoms with Crippen LogP contribution in [-0.2, 0) is 9.53 Å². The predicted molar refractivity (Wildman–Crippen MR) is 93.7 cm³/mol. The first-order valence-electron chi connectivity index (χ1n) is 9.35. The maximum Gasteiger partial charge on any atom is 0.303 e. The first kappa shape index (κ1) is 16.9. The number of rotatable bonds is 4. The normalized spacial score (nSPS) is 33.0. The number of carbonyl (C=O) groups is 1. The Balaban J connectivity index is 1.53. The Bertz CT molecular complexity index is 659. The van der Waals surface area contributed by atoms with E-state index < -0.39 is 5.97 Å². The fourth-order valence-electron chi connectivity index (χ4n) is 4.83. The lowest BCUT2D eigenvalue weighted by Crippen LogP contribution is -2.54. The van der Waals surface area contributed by atoms with Gasteiger partial charge in [0.2, 0.25) is 0 Å². The second kappa shape index (κ2) is 6.29. The van der Waals surface area contributed by atoms with Crippen LogP contribution < -0.4 is 4.74 Å². The molecule has 5 heteroatoms. The molecule has 0 spiro atoms. The van der Waals surface area contributed by atoms with E-state index in [1.54, 1.807) is 0 Å². The van der Waals surface area contributed by atoms with Gasteiger partial charge in [0, 0.05) is 30.5 Å². The molecule has 4 rings (SSSR count). The minimum Gasteiger partial charge on any atom is -0.487 e. The summed E-state index contributed by atoms with van der Waals surface area (Å²) in [5.41, 5.74) is 0.911. The van der Waals surface area contributed by atoms with Crippen molar-refractivity contribution in [1.82, 2.24) is 4.90 Å². The number of carboxylic acids is 1. The maximum atomic E-state index is 10.8. The van der Waals surface area contributed by atoms with Crippen LogP contribution in [0.2, 0.25) is 0 Å². The Hall–Kier alpha value is -1.59. The van der Waals surface area contributed by atoms with Gasteiger partial charge in [-0.15, -0.1) is 0 Å². The van der Waals surface area contributed by atoms with Crippen molar-refractivity contribution in [2.24, 2.45) is 5.92 Å². The zero-order valence-electron chi connectivity index (χ0n) is 15.0. The number of likely N-dealkylation sites (tertiary alicyclic amines) is 1. The number of hydrogen-bond donors (Lipinski definition) is 1. The van der Waals surface area contributed by atoms with Crippen molar-refractivity contribution >= 4 is 5.97 Å². The quantitative estimate of drug-likeness (QED) is 0.908. The molecule has 4 atom stereocenters. The molecule has 2 fully saturated rings. The number of nitrogens with zero attached hydrogens (tertiary/aromatic N) is 1. The SMILES string of the molecule is CC1(C)Oc2ccccc2[C@H]2O[C@H]3CCN(CCCC(=O)O)[C@@H]3C[C@@H]21. The largest absolute Gasteiger partial charge is 0.487 e. The number of benzene rings is 1. The summed E-state index contributed by atoms with van der Waals surface area (Å²) >= 11 is 0. The highest BCUT2D eigenvalue weighted by Gasteiger charge is 2.52. The zero-order chi connectivity index (χ0) is 17.6. The topological polar surface area (TPSA) is 59.0 Å². The third-order valence-corrected chi connectivity index (χ3v) is 6.11. The number of fused-ring (bicyclic) bond motifs is 4. The molecule has 1 aromatic carbocycles. The fraction of sp³-hybridized carbons (Fsp3) is 0.650. The molecule has 2 saturated heterocycles. The van der Waals surface area contributed by atoms with Gasteiger partial charge in [-0.3, -0.25) is 9.69 Å². The van der Waals surface area contributed by atoms with Crippen LogP contribution in [0, 0.1) is 5.92 Å². The molecule has 1 aromatic rings. The van der Waals surface area contributed by atoms with Crippen LogP contribution in [0.5, 0.6) is 5.75 Å². The summed E-state index contributed by atoms with van der Waals surface area (Å²) in [6, 6.07) is 8.61. The van der Waals surface area contributed by atoms with Crippen molar-refractivity contribution in [3.8, 4) is 5.75 Å². The summed E-state index contributed by atoms with van der Waals surface area (Å²) in [6.45, 7) is 6.16. The molecule has 0 radical (unpaired) electrons. The van der Waals surface area contributed by atoms with Crippen LogP contribution in [0.25, 0.3) is 0 Å². The first-order valence-corrected chi connectivity index (χ1v) is 9.35. The van der Waals surface area contributed by atoms with Gasteiger partial charge in [-0.05, 0) is 45.7 Å². The highest BCUT2D eigenvalue weighted by atomic mass is 16.5. The van der Waals surface area contributed by atoms with Crippen molar-refractivity contribution in [3.05, 3.63) is 29.8 Å². The van der Waals surface area contributed by atoms with E-state index in [-0.39, 0.29) is 24.2 Å². The summed E-state index contributed by atoms with van der Waals surface area (Å²) in [7, 11) is 0. The van der Waals surface area contributed by atoms with E-state index >= 15 is 0 Å². The summed E-state index contributed by atoms with van der Waals surface area (Å²) in [5.74, 6) is 0.543. The lowest BCUT2D eigenvalue weighted by Gasteiger charge is -2.50.